The predicted octanol–water partition coefficient (Wildman–Crippen LogP) is 2.04. The zero-order valence-corrected chi connectivity index (χ0v) is 15.8. The predicted molar refractivity (Wildman–Crippen MR) is 101 cm³/mol. The molecule has 3 rings (SSSR count). The second-order valence-corrected chi connectivity index (χ2v) is 6.81. The third-order valence-corrected chi connectivity index (χ3v) is 5.00. The van der Waals surface area contributed by atoms with Gasteiger partial charge < -0.3 is 9.64 Å². The molecular weight excluding hydrogens is 346 g/mol. The number of para-hydroxylation sites is 1. The topological polar surface area (TPSA) is 81.5 Å². The van der Waals surface area contributed by atoms with Crippen LogP contribution in [0.5, 0.6) is 0 Å². The molecule has 0 radical (unpaired) electrons. The van der Waals surface area contributed by atoms with Crippen LogP contribution in [0.2, 0.25) is 0 Å². The van der Waals surface area contributed by atoms with Crippen LogP contribution in [-0.4, -0.2) is 45.5 Å². The number of likely N-dealkylation sites (tertiary alicyclic amines) is 1. The molecule has 1 aromatic heterocycles. The first-order valence-corrected chi connectivity index (χ1v) is 9.43. The molecule has 2 heterocycles. The average Bonchev–Trinajstić information content (AvgIpc) is 2.68. The molecule has 27 heavy (non-hydrogen) atoms. The number of piperidine rings is 1. The molecule has 1 aliphatic rings. The van der Waals surface area contributed by atoms with E-state index in [1.807, 2.05) is 19.1 Å². The highest BCUT2D eigenvalue weighted by atomic mass is 16.5. The third-order valence-electron chi connectivity index (χ3n) is 5.00. The minimum absolute atomic E-state index is 0.135. The summed E-state index contributed by atoms with van der Waals surface area (Å²) in [5.41, 5.74) is 1.47. The molecule has 7 nitrogen and oxygen atoms in total. The van der Waals surface area contributed by atoms with Crippen LogP contribution in [0.3, 0.4) is 0 Å². The van der Waals surface area contributed by atoms with Crippen LogP contribution in [0.4, 0.5) is 0 Å². The summed E-state index contributed by atoms with van der Waals surface area (Å²) in [5, 5.41) is 0.548. The molecule has 144 valence electrons. The van der Waals surface area contributed by atoms with Gasteiger partial charge in [-0.25, -0.2) is 9.78 Å². The molecule has 1 atom stereocenters. The van der Waals surface area contributed by atoms with Crippen molar-refractivity contribution < 1.29 is 14.3 Å². The van der Waals surface area contributed by atoms with Gasteiger partial charge in [0.1, 0.15) is 6.04 Å². The molecule has 2 aromatic rings. The Labute approximate surface area is 157 Å². The van der Waals surface area contributed by atoms with Crippen LogP contribution in [0, 0.1) is 6.92 Å². The summed E-state index contributed by atoms with van der Waals surface area (Å²) >= 11 is 0. The molecule has 0 bridgehead atoms. The van der Waals surface area contributed by atoms with Gasteiger partial charge in [-0.05, 0) is 44.7 Å². The number of nitrogens with zero attached hydrogens (tertiary/aromatic N) is 3. The molecule has 1 unspecified atom stereocenters. The number of hydrogen-bond donors (Lipinski definition) is 0. The lowest BCUT2D eigenvalue weighted by Crippen LogP contribution is -2.49. The Bertz CT molecular complexity index is 906. The first kappa shape index (κ1) is 19.1. The molecule has 1 aromatic carbocycles. The zero-order chi connectivity index (χ0) is 19.4. The summed E-state index contributed by atoms with van der Waals surface area (Å²) in [7, 11) is 0. The largest absolute Gasteiger partial charge is 0.464 e. The molecule has 0 saturated carbocycles. The third kappa shape index (κ3) is 4.02. The van der Waals surface area contributed by atoms with Crippen LogP contribution in [-0.2, 0) is 20.9 Å². The van der Waals surface area contributed by atoms with Gasteiger partial charge in [-0.15, -0.1) is 0 Å². The van der Waals surface area contributed by atoms with E-state index in [-0.39, 0.29) is 30.4 Å². The monoisotopic (exact) mass is 371 g/mol. The fourth-order valence-corrected chi connectivity index (χ4v) is 3.57. The summed E-state index contributed by atoms with van der Waals surface area (Å²) in [6, 6.07) is 4.97. The van der Waals surface area contributed by atoms with Crippen LogP contribution >= 0.6 is 0 Å². The lowest BCUT2D eigenvalue weighted by atomic mass is 10.0. The Hall–Kier alpha value is -2.70. The van der Waals surface area contributed by atoms with E-state index < -0.39 is 6.04 Å². The van der Waals surface area contributed by atoms with E-state index in [2.05, 4.69) is 4.98 Å². The number of aryl methyl sites for hydroxylation is 2. The Morgan fingerprint density at radius 3 is 2.89 bits per heavy atom. The van der Waals surface area contributed by atoms with Crippen LogP contribution in [0.25, 0.3) is 10.9 Å². The number of hydrogen-bond acceptors (Lipinski definition) is 5. The van der Waals surface area contributed by atoms with Crippen LogP contribution < -0.4 is 5.56 Å². The van der Waals surface area contributed by atoms with E-state index in [0.29, 0.717) is 30.5 Å². The van der Waals surface area contributed by atoms with E-state index in [1.54, 1.807) is 17.9 Å². The van der Waals surface area contributed by atoms with Crippen LogP contribution in [0.15, 0.2) is 29.3 Å². The number of benzene rings is 1. The van der Waals surface area contributed by atoms with E-state index in [4.69, 9.17) is 4.74 Å². The fourth-order valence-electron chi connectivity index (χ4n) is 3.57. The summed E-state index contributed by atoms with van der Waals surface area (Å²) in [6.45, 7) is 4.75. The number of ether oxygens (including phenoxy) is 1. The lowest BCUT2D eigenvalue weighted by Gasteiger charge is -2.34. The minimum Gasteiger partial charge on any atom is -0.464 e. The highest BCUT2D eigenvalue weighted by Gasteiger charge is 2.32. The van der Waals surface area contributed by atoms with Crippen molar-refractivity contribution in [2.24, 2.45) is 0 Å². The first-order valence-electron chi connectivity index (χ1n) is 9.43. The maximum atomic E-state index is 12.7. The van der Waals surface area contributed by atoms with Crippen molar-refractivity contribution in [3.63, 3.8) is 0 Å². The highest BCUT2D eigenvalue weighted by Crippen LogP contribution is 2.19. The van der Waals surface area contributed by atoms with Crippen molar-refractivity contribution in [2.75, 3.05) is 13.2 Å². The molecule has 0 N–H and O–H groups in total. The number of carbonyl (C=O) groups is 2. The second kappa shape index (κ2) is 8.33. The Morgan fingerprint density at radius 1 is 1.30 bits per heavy atom. The van der Waals surface area contributed by atoms with E-state index >= 15 is 0 Å². The fraction of sp³-hybridized carbons (Fsp3) is 0.500. The van der Waals surface area contributed by atoms with Gasteiger partial charge in [0.15, 0.2) is 0 Å². The quantitative estimate of drug-likeness (QED) is 0.751. The lowest BCUT2D eigenvalue weighted by molar-refractivity contribution is -0.156. The van der Waals surface area contributed by atoms with E-state index in [1.165, 1.54) is 10.9 Å². The number of carbonyl (C=O) groups excluding carboxylic acids is 2. The average molecular weight is 371 g/mol. The van der Waals surface area contributed by atoms with Gasteiger partial charge in [-0.2, -0.15) is 0 Å². The van der Waals surface area contributed by atoms with E-state index in [0.717, 1.165) is 18.4 Å². The van der Waals surface area contributed by atoms with Crippen molar-refractivity contribution in [3.8, 4) is 0 Å². The minimum atomic E-state index is -0.514. The Balaban J connectivity index is 1.73. The number of rotatable bonds is 5. The van der Waals surface area contributed by atoms with E-state index in [9.17, 15) is 14.4 Å². The molecule has 1 aliphatic heterocycles. The second-order valence-electron chi connectivity index (χ2n) is 6.81. The first-order chi connectivity index (χ1) is 13.0. The van der Waals surface area contributed by atoms with Crippen LogP contribution in [0.1, 0.15) is 38.2 Å². The summed E-state index contributed by atoms with van der Waals surface area (Å²) < 4.78 is 6.57. The standard InChI is InChI=1S/C20H25N3O4/c1-3-27-20(26)16-9-4-5-11-23(16)17(24)10-12-22-13-21-18-14(2)7-6-8-15(18)19(22)25/h6-8,13,16H,3-5,9-12H2,1-2H3. The summed E-state index contributed by atoms with van der Waals surface area (Å²) in [6.07, 6.45) is 4.04. The van der Waals surface area contributed by atoms with Gasteiger partial charge >= 0.3 is 5.97 Å². The van der Waals surface area contributed by atoms with Gasteiger partial charge in [0.05, 0.1) is 23.8 Å². The molecule has 0 spiro atoms. The smallest absolute Gasteiger partial charge is 0.328 e. The number of aromatic nitrogens is 2. The number of fused-ring (bicyclic) bond motifs is 1. The van der Waals surface area contributed by atoms with Gasteiger partial charge in [-0.1, -0.05) is 12.1 Å². The number of amides is 1. The van der Waals surface area contributed by atoms with Crippen molar-refractivity contribution in [2.45, 2.75) is 52.1 Å². The zero-order valence-electron chi connectivity index (χ0n) is 15.8. The maximum Gasteiger partial charge on any atom is 0.328 e. The highest BCUT2D eigenvalue weighted by molar-refractivity contribution is 5.85. The van der Waals surface area contributed by atoms with Crippen molar-refractivity contribution in [3.05, 3.63) is 40.4 Å². The Morgan fingerprint density at radius 2 is 2.11 bits per heavy atom. The maximum absolute atomic E-state index is 12.7. The van der Waals surface area contributed by atoms with Crippen molar-refractivity contribution in [1.82, 2.24) is 14.5 Å². The number of esters is 1. The Kier molecular flexibility index (Phi) is 5.88. The normalized spacial score (nSPS) is 17.1. The molecule has 1 fully saturated rings. The van der Waals surface area contributed by atoms with Gasteiger partial charge in [0, 0.05) is 19.5 Å². The molecule has 1 amide bonds. The van der Waals surface area contributed by atoms with Gasteiger partial charge in [-0.3, -0.25) is 14.2 Å². The van der Waals surface area contributed by atoms with Gasteiger partial charge in [0.2, 0.25) is 5.91 Å². The molecule has 7 heteroatoms. The molecular formula is C20H25N3O4. The SMILES string of the molecule is CCOC(=O)C1CCCCN1C(=O)CCn1cnc2c(C)cccc2c1=O. The van der Waals surface area contributed by atoms with Gasteiger partial charge in [0.25, 0.3) is 5.56 Å². The summed E-state index contributed by atoms with van der Waals surface area (Å²) in [4.78, 5) is 43.5. The van der Waals surface area contributed by atoms with Crippen molar-refractivity contribution >= 4 is 22.8 Å². The molecule has 0 aliphatic carbocycles. The molecule has 1 saturated heterocycles. The van der Waals surface area contributed by atoms with Crippen molar-refractivity contribution in [1.29, 1.82) is 0 Å². The summed E-state index contributed by atoms with van der Waals surface area (Å²) in [5.74, 6) is -0.477.